The van der Waals surface area contributed by atoms with Crippen molar-refractivity contribution in [1.29, 1.82) is 0 Å². The Kier molecular flexibility index (Phi) is 3.74. The molecule has 0 fully saturated rings. The molecule has 0 spiro atoms. The normalized spacial score (nSPS) is 17.7. The van der Waals surface area contributed by atoms with Gasteiger partial charge in [0.15, 0.2) is 0 Å². The van der Waals surface area contributed by atoms with Gasteiger partial charge in [-0.05, 0) is 72.1 Å². The molecule has 2 aromatic carbocycles. The minimum Gasteiger partial charge on any atom is -0.478 e. The minimum absolute atomic E-state index is 0.141. The maximum Gasteiger partial charge on any atom is 0.335 e. The van der Waals surface area contributed by atoms with Crippen molar-refractivity contribution in [2.45, 2.75) is 58.3 Å². The van der Waals surface area contributed by atoms with Gasteiger partial charge < -0.3 is 5.11 Å². The van der Waals surface area contributed by atoms with Gasteiger partial charge in [-0.25, -0.2) is 9.78 Å². The summed E-state index contributed by atoms with van der Waals surface area (Å²) < 4.78 is 2.12. The predicted molar refractivity (Wildman–Crippen MR) is 108 cm³/mol. The molecule has 1 N–H and O–H groups in total. The number of rotatable bonds is 2. The first kappa shape index (κ1) is 17.8. The van der Waals surface area contributed by atoms with Gasteiger partial charge >= 0.3 is 5.97 Å². The van der Waals surface area contributed by atoms with E-state index in [9.17, 15) is 9.90 Å². The van der Waals surface area contributed by atoms with E-state index >= 15 is 0 Å². The van der Waals surface area contributed by atoms with Crippen molar-refractivity contribution in [2.24, 2.45) is 0 Å². The molecule has 0 saturated carbocycles. The van der Waals surface area contributed by atoms with Crippen molar-refractivity contribution < 1.29 is 9.90 Å². The molecule has 1 heterocycles. The fourth-order valence-corrected chi connectivity index (χ4v) is 4.38. The molecule has 0 amide bonds. The number of imidazole rings is 1. The summed E-state index contributed by atoms with van der Waals surface area (Å²) in [7, 11) is 0. The number of fused-ring (bicyclic) bond motifs is 2. The van der Waals surface area contributed by atoms with Gasteiger partial charge in [0.05, 0.1) is 16.6 Å². The number of carboxylic acids is 1. The van der Waals surface area contributed by atoms with Crippen LogP contribution >= 0.6 is 0 Å². The van der Waals surface area contributed by atoms with Crippen molar-refractivity contribution in [3.8, 4) is 5.69 Å². The molecular formula is C23H26N2O2. The van der Waals surface area contributed by atoms with Crippen LogP contribution in [0.3, 0.4) is 0 Å². The summed E-state index contributed by atoms with van der Waals surface area (Å²) in [6, 6.07) is 11.9. The average Bonchev–Trinajstić information content (AvgIpc) is 2.93. The molecule has 4 nitrogen and oxygen atoms in total. The van der Waals surface area contributed by atoms with Crippen molar-refractivity contribution in [2.75, 3.05) is 0 Å². The highest BCUT2D eigenvalue weighted by Gasteiger charge is 2.37. The van der Waals surface area contributed by atoms with Gasteiger partial charge in [-0.3, -0.25) is 4.57 Å². The summed E-state index contributed by atoms with van der Waals surface area (Å²) in [6.07, 6.45) is 2.36. The van der Waals surface area contributed by atoms with Gasteiger partial charge in [0, 0.05) is 5.69 Å². The first-order valence-electron chi connectivity index (χ1n) is 9.48. The van der Waals surface area contributed by atoms with Gasteiger partial charge in [-0.2, -0.15) is 0 Å². The molecule has 27 heavy (non-hydrogen) atoms. The molecule has 3 aromatic rings. The predicted octanol–water partition coefficient (Wildman–Crippen LogP) is 5.38. The second-order valence-electron chi connectivity index (χ2n) is 9.00. The third kappa shape index (κ3) is 2.75. The average molecular weight is 362 g/mol. The summed E-state index contributed by atoms with van der Waals surface area (Å²) in [5, 5.41) is 9.24. The van der Waals surface area contributed by atoms with Gasteiger partial charge in [-0.1, -0.05) is 33.8 Å². The third-order valence-electron chi connectivity index (χ3n) is 6.16. The molecule has 1 aliphatic carbocycles. The van der Waals surface area contributed by atoms with Crippen molar-refractivity contribution >= 4 is 17.0 Å². The van der Waals surface area contributed by atoms with E-state index in [1.54, 1.807) is 12.1 Å². The monoisotopic (exact) mass is 362 g/mol. The molecule has 1 aromatic heterocycles. The molecule has 0 unspecified atom stereocenters. The SMILES string of the molecule is Cc1nc2cc(C(=O)O)ccc2n1-c1ccc2c(c1)C(C)(C)CCC2(C)C. The standard InChI is InChI=1S/C23H26N2O2/c1-14-24-19-12-15(21(26)27)6-9-20(19)25(14)16-7-8-17-18(13-16)23(4,5)11-10-22(17,2)3/h6-9,12-13H,10-11H2,1-5H3,(H,26,27). The van der Waals surface area contributed by atoms with Crippen molar-refractivity contribution in [3.63, 3.8) is 0 Å². The second-order valence-corrected chi connectivity index (χ2v) is 9.00. The Balaban J connectivity index is 1.93. The Morgan fingerprint density at radius 3 is 2.33 bits per heavy atom. The molecule has 0 radical (unpaired) electrons. The number of benzene rings is 2. The Hall–Kier alpha value is -2.62. The number of hydrogen-bond donors (Lipinski definition) is 1. The van der Waals surface area contributed by atoms with Crippen LogP contribution in [-0.2, 0) is 10.8 Å². The van der Waals surface area contributed by atoms with Crippen LogP contribution in [0, 0.1) is 6.92 Å². The fourth-order valence-electron chi connectivity index (χ4n) is 4.38. The molecule has 0 bridgehead atoms. The lowest BCUT2D eigenvalue weighted by Crippen LogP contribution is -2.33. The van der Waals surface area contributed by atoms with Crippen LogP contribution in [-0.4, -0.2) is 20.6 Å². The zero-order valence-corrected chi connectivity index (χ0v) is 16.6. The summed E-state index contributed by atoms with van der Waals surface area (Å²) in [4.78, 5) is 15.9. The molecule has 4 heteroatoms. The van der Waals surface area contributed by atoms with Crippen LogP contribution < -0.4 is 0 Å². The van der Waals surface area contributed by atoms with Crippen LogP contribution in [0.2, 0.25) is 0 Å². The second kappa shape index (κ2) is 5.69. The number of aryl methyl sites for hydroxylation is 1. The third-order valence-corrected chi connectivity index (χ3v) is 6.16. The van der Waals surface area contributed by atoms with Crippen LogP contribution in [0.4, 0.5) is 0 Å². The zero-order chi connectivity index (χ0) is 19.6. The first-order valence-corrected chi connectivity index (χ1v) is 9.48. The largest absolute Gasteiger partial charge is 0.478 e. The highest BCUT2D eigenvalue weighted by Crippen LogP contribution is 2.46. The van der Waals surface area contributed by atoms with Crippen LogP contribution in [0.5, 0.6) is 0 Å². The zero-order valence-electron chi connectivity index (χ0n) is 16.6. The maximum atomic E-state index is 11.3. The summed E-state index contributed by atoms with van der Waals surface area (Å²) in [5.74, 6) is -0.0674. The number of nitrogens with zero attached hydrogens (tertiary/aromatic N) is 2. The Labute approximate surface area is 159 Å². The summed E-state index contributed by atoms with van der Waals surface area (Å²) in [5.41, 5.74) is 6.16. The van der Waals surface area contributed by atoms with Crippen LogP contribution in [0.15, 0.2) is 36.4 Å². The Morgan fingerprint density at radius 1 is 1.00 bits per heavy atom. The number of carboxylic acid groups (broad SMARTS) is 1. The van der Waals surface area contributed by atoms with Gasteiger partial charge in [0.1, 0.15) is 5.82 Å². The maximum absolute atomic E-state index is 11.3. The number of hydrogen-bond acceptors (Lipinski definition) is 2. The quantitative estimate of drug-likeness (QED) is 0.666. The summed E-state index contributed by atoms with van der Waals surface area (Å²) >= 11 is 0. The lowest BCUT2D eigenvalue weighted by molar-refractivity contribution is 0.0697. The molecule has 1 aliphatic rings. The first-order chi connectivity index (χ1) is 12.6. The van der Waals surface area contributed by atoms with E-state index in [-0.39, 0.29) is 16.4 Å². The highest BCUT2D eigenvalue weighted by molar-refractivity contribution is 5.92. The van der Waals surface area contributed by atoms with Crippen LogP contribution in [0.25, 0.3) is 16.7 Å². The number of carbonyl (C=O) groups is 1. The van der Waals surface area contributed by atoms with E-state index in [1.165, 1.54) is 24.0 Å². The molecular weight excluding hydrogens is 336 g/mol. The topological polar surface area (TPSA) is 55.1 Å². The van der Waals surface area contributed by atoms with Crippen molar-refractivity contribution in [3.05, 3.63) is 58.9 Å². The number of aromatic nitrogens is 2. The molecule has 0 saturated heterocycles. The lowest BCUT2D eigenvalue weighted by atomic mass is 9.63. The van der Waals surface area contributed by atoms with Gasteiger partial charge in [-0.15, -0.1) is 0 Å². The smallest absolute Gasteiger partial charge is 0.335 e. The van der Waals surface area contributed by atoms with Crippen molar-refractivity contribution in [1.82, 2.24) is 9.55 Å². The lowest BCUT2D eigenvalue weighted by Gasteiger charge is -2.42. The van der Waals surface area contributed by atoms with Crippen LogP contribution in [0.1, 0.15) is 67.8 Å². The van der Waals surface area contributed by atoms with E-state index in [1.807, 2.05) is 13.0 Å². The molecule has 0 aliphatic heterocycles. The molecule has 140 valence electrons. The van der Waals surface area contributed by atoms with E-state index in [4.69, 9.17) is 0 Å². The van der Waals surface area contributed by atoms with Gasteiger partial charge in [0.25, 0.3) is 0 Å². The molecule has 4 rings (SSSR count). The number of aromatic carboxylic acids is 1. The van der Waals surface area contributed by atoms with Gasteiger partial charge in [0.2, 0.25) is 0 Å². The van der Waals surface area contributed by atoms with E-state index < -0.39 is 5.97 Å². The minimum atomic E-state index is -0.929. The Bertz CT molecular complexity index is 1070. The highest BCUT2D eigenvalue weighted by atomic mass is 16.4. The van der Waals surface area contributed by atoms with E-state index in [0.717, 1.165) is 17.0 Å². The van der Waals surface area contributed by atoms with E-state index in [0.29, 0.717) is 5.52 Å². The van der Waals surface area contributed by atoms with E-state index in [2.05, 4.69) is 55.4 Å². The fraction of sp³-hybridized carbons (Fsp3) is 0.391. The Morgan fingerprint density at radius 2 is 1.67 bits per heavy atom. The summed E-state index contributed by atoms with van der Waals surface area (Å²) in [6.45, 7) is 11.3. The molecule has 0 atom stereocenters.